The van der Waals surface area contributed by atoms with Crippen molar-refractivity contribution < 1.29 is 4.79 Å². The minimum absolute atomic E-state index is 0.116. The van der Waals surface area contributed by atoms with Crippen molar-refractivity contribution in [3.05, 3.63) is 114 Å². The molecule has 1 amide bonds. The number of carbonyl (C=O) groups excluding carboxylic acids is 1. The smallest absolute Gasteiger partial charge is 0.255 e. The molecule has 0 spiro atoms. The standard InChI is InChI=1S/C21H17NO/c23-21(19-14-8-3-9-15-19)22-16-20(17-10-4-1-5-11-17)18-12-6-2-7-13-18/h1-16H,(H,22,23). The molecule has 0 aromatic heterocycles. The molecular formula is C21H17NO. The Labute approximate surface area is 136 Å². The maximum atomic E-state index is 12.3. The third-order valence-corrected chi connectivity index (χ3v) is 3.55. The van der Waals surface area contributed by atoms with Gasteiger partial charge >= 0.3 is 0 Å². The molecule has 2 heteroatoms. The third-order valence-electron chi connectivity index (χ3n) is 3.55. The van der Waals surface area contributed by atoms with Crippen molar-refractivity contribution in [2.45, 2.75) is 0 Å². The van der Waals surface area contributed by atoms with Crippen molar-refractivity contribution in [1.29, 1.82) is 0 Å². The van der Waals surface area contributed by atoms with Gasteiger partial charge in [-0.3, -0.25) is 4.79 Å². The van der Waals surface area contributed by atoms with Crippen molar-refractivity contribution >= 4 is 11.5 Å². The molecule has 1 N–H and O–H groups in total. The fourth-order valence-electron chi connectivity index (χ4n) is 2.38. The molecule has 112 valence electrons. The van der Waals surface area contributed by atoms with Gasteiger partial charge < -0.3 is 5.32 Å². The van der Waals surface area contributed by atoms with E-state index in [1.54, 1.807) is 18.3 Å². The van der Waals surface area contributed by atoms with Crippen molar-refractivity contribution in [3.8, 4) is 0 Å². The lowest BCUT2D eigenvalue weighted by atomic mass is 9.99. The molecule has 0 aliphatic carbocycles. The van der Waals surface area contributed by atoms with Gasteiger partial charge in [0.2, 0.25) is 0 Å². The lowest BCUT2D eigenvalue weighted by Gasteiger charge is -2.09. The summed E-state index contributed by atoms with van der Waals surface area (Å²) in [5.41, 5.74) is 3.75. The molecule has 0 aliphatic rings. The fourth-order valence-corrected chi connectivity index (χ4v) is 2.38. The molecule has 0 heterocycles. The van der Waals surface area contributed by atoms with Gasteiger partial charge in [-0.15, -0.1) is 0 Å². The summed E-state index contributed by atoms with van der Waals surface area (Å²) in [5.74, 6) is -0.116. The van der Waals surface area contributed by atoms with Crippen LogP contribution in [0.15, 0.2) is 97.2 Å². The Balaban J connectivity index is 1.91. The number of benzene rings is 3. The Hall–Kier alpha value is -3.13. The summed E-state index contributed by atoms with van der Waals surface area (Å²) in [5, 5.41) is 2.90. The predicted molar refractivity (Wildman–Crippen MR) is 93.9 cm³/mol. The van der Waals surface area contributed by atoms with E-state index in [9.17, 15) is 4.79 Å². The molecule has 0 aliphatic heterocycles. The van der Waals surface area contributed by atoms with E-state index >= 15 is 0 Å². The Morgan fingerprint density at radius 1 is 0.609 bits per heavy atom. The van der Waals surface area contributed by atoms with Crippen LogP contribution in [0, 0.1) is 0 Å². The SMILES string of the molecule is O=C(NC=C(c1ccccc1)c1ccccc1)c1ccccc1. The maximum Gasteiger partial charge on any atom is 0.255 e. The van der Waals surface area contributed by atoms with E-state index in [1.165, 1.54) is 0 Å². The van der Waals surface area contributed by atoms with Gasteiger partial charge in [0, 0.05) is 17.3 Å². The summed E-state index contributed by atoms with van der Waals surface area (Å²) in [6, 6.07) is 29.3. The summed E-state index contributed by atoms with van der Waals surface area (Å²) in [7, 11) is 0. The van der Waals surface area contributed by atoms with Gasteiger partial charge in [-0.2, -0.15) is 0 Å². The Morgan fingerprint density at radius 2 is 1.00 bits per heavy atom. The monoisotopic (exact) mass is 299 g/mol. The quantitative estimate of drug-likeness (QED) is 0.754. The molecule has 0 saturated carbocycles. The van der Waals surface area contributed by atoms with E-state index in [4.69, 9.17) is 0 Å². The van der Waals surface area contributed by atoms with Gasteiger partial charge in [0.05, 0.1) is 0 Å². The van der Waals surface area contributed by atoms with Crippen molar-refractivity contribution in [2.24, 2.45) is 0 Å². The molecule has 23 heavy (non-hydrogen) atoms. The minimum Gasteiger partial charge on any atom is -0.328 e. The third kappa shape index (κ3) is 3.74. The van der Waals surface area contributed by atoms with Crippen LogP contribution in [0.3, 0.4) is 0 Å². The summed E-state index contributed by atoms with van der Waals surface area (Å²) in [4.78, 5) is 12.3. The zero-order valence-corrected chi connectivity index (χ0v) is 12.6. The second-order valence-electron chi connectivity index (χ2n) is 5.13. The van der Waals surface area contributed by atoms with Crippen LogP contribution in [-0.2, 0) is 0 Å². The molecule has 0 saturated heterocycles. The molecular weight excluding hydrogens is 282 g/mol. The van der Waals surface area contributed by atoms with Gasteiger partial charge in [-0.25, -0.2) is 0 Å². The molecule has 3 rings (SSSR count). The van der Waals surface area contributed by atoms with E-state index in [0.29, 0.717) is 5.56 Å². The number of amides is 1. The van der Waals surface area contributed by atoms with E-state index in [0.717, 1.165) is 16.7 Å². The average molecular weight is 299 g/mol. The van der Waals surface area contributed by atoms with Gasteiger partial charge in [-0.1, -0.05) is 78.9 Å². The molecule has 0 unspecified atom stereocenters. The highest BCUT2D eigenvalue weighted by Crippen LogP contribution is 2.22. The summed E-state index contributed by atoms with van der Waals surface area (Å²) < 4.78 is 0. The molecule has 0 radical (unpaired) electrons. The summed E-state index contributed by atoms with van der Waals surface area (Å²) in [6.45, 7) is 0. The Bertz CT molecular complexity index is 752. The molecule has 0 fully saturated rings. The number of nitrogens with one attached hydrogen (secondary N) is 1. The zero-order chi connectivity index (χ0) is 15.9. The second-order valence-corrected chi connectivity index (χ2v) is 5.13. The number of hydrogen-bond donors (Lipinski definition) is 1. The molecule has 3 aromatic carbocycles. The average Bonchev–Trinajstić information content (AvgIpc) is 2.64. The molecule has 3 aromatic rings. The highest BCUT2D eigenvalue weighted by Gasteiger charge is 2.06. The van der Waals surface area contributed by atoms with Crippen LogP contribution < -0.4 is 5.32 Å². The van der Waals surface area contributed by atoms with Crippen LogP contribution in [0.1, 0.15) is 21.5 Å². The summed E-state index contributed by atoms with van der Waals surface area (Å²) in [6.07, 6.45) is 1.78. The van der Waals surface area contributed by atoms with Gasteiger partial charge in [0.15, 0.2) is 0 Å². The molecule has 0 bridgehead atoms. The minimum atomic E-state index is -0.116. The van der Waals surface area contributed by atoms with Crippen molar-refractivity contribution in [1.82, 2.24) is 5.32 Å². The van der Waals surface area contributed by atoms with E-state index in [1.807, 2.05) is 78.9 Å². The molecule has 0 atom stereocenters. The van der Waals surface area contributed by atoms with Crippen LogP contribution in [0.25, 0.3) is 5.57 Å². The second kappa shape index (κ2) is 7.23. The first-order valence-corrected chi connectivity index (χ1v) is 7.51. The van der Waals surface area contributed by atoms with E-state index in [2.05, 4.69) is 5.32 Å². The predicted octanol–water partition coefficient (Wildman–Crippen LogP) is 4.51. The van der Waals surface area contributed by atoms with Gasteiger partial charge in [0.1, 0.15) is 0 Å². The Morgan fingerprint density at radius 3 is 1.43 bits per heavy atom. The van der Waals surface area contributed by atoms with Crippen LogP contribution in [0.5, 0.6) is 0 Å². The number of carbonyl (C=O) groups is 1. The lowest BCUT2D eigenvalue weighted by molar-refractivity contribution is 0.0970. The van der Waals surface area contributed by atoms with Gasteiger partial charge in [-0.05, 0) is 23.3 Å². The van der Waals surface area contributed by atoms with Crippen molar-refractivity contribution in [2.75, 3.05) is 0 Å². The van der Waals surface area contributed by atoms with E-state index in [-0.39, 0.29) is 5.91 Å². The van der Waals surface area contributed by atoms with Crippen LogP contribution in [0.4, 0.5) is 0 Å². The zero-order valence-electron chi connectivity index (χ0n) is 12.6. The van der Waals surface area contributed by atoms with Crippen LogP contribution >= 0.6 is 0 Å². The molecule has 2 nitrogen and oxygen atoms in total. The van der Waals surface area contributed by atoms with Crippen LogP contribution in [-0.4, -0.2) is 5.91 Å². The van der Waals surface area contributed by atoms with Crippen molar-refractivity contribution in [3.63, 3.8) is 0 Å². The van der Waals surface area contributed by atoms with E-state index < -0.39 is 0 Å². The number of hydrogen-bond acceptors (Lipinski definition) is 1. The topological polar surface area (TPSA) is 29.1 Å². The number of rotatable bonds is 4. The first-order chi connectivity index (χ1) is 11.3. The first kappa shape index (κ1) is 14.8. The Kier molecular flexibility index (Phi) is 4.65. The normalized spacial score (nSPS) is 9.91. The lowest BCUT2D eigenvalue weighted by Crippen LogP contribution is -2.17. The first-order valence-electron chi connectivity index (χ1n) is 7.51. The van der Waals surface area contributed by atoms with Crippen LogP contribution in [0.2, 0.25) is 0 Å². The maximum absolute atomic E-state index is 12.3. The highest BCUT2D eigenvalue weighted by molar-refractivity contribution is 5.96. The highest BCUT2D eigenvalue weighted by atomic mass is 16.1. The fraction of sp³-hybridized carbons (Fsp3) is 0. The van der Waals surface area contributed by atoms with Gasteiger partial charge in [0.25, 0.3) is 5.91 Å². The summed E-state index contributed by atoms with van der Waals surface area (Å²) >= 11 is 0. The largest absolute Gasteiger partial charge is 0.328 e.